The van der Waals surface area contributed by atoms with Crippen LogP contribution >= 0.6 is 39.3 Å². The molecule has 0 saturated carbocycles. The molecule has 0 bridgehead atoms. The molecule has 3 rings (SSSR count). The number of amides is 1. The molecule has 1 heterocycles. The summed E-state index contributed by atoms with van der Waals surface area (Å²) in [6.07, 6.45) is 1.67. The molecule has 31 heavy (non-hydrogen) atoms. The van der Waals surface area contributed by atoms with E-state index in [0.29, 0.717) is 18.0 Å². The Bertz CT molecular complexity index is 1230. The van der Waals surface area contributed by atoms with Crippen molar-refractivity contribution >= 4 is 55.0 Å². The van der Waals surface area contributed by atoms with Gasteiger partial charge in [0.05, 0.1) is 16.8 Å². The first-order chi connectivity index (χ1) is 14.8. The van der Waals surface area contributed by atoms with Gasteiger partial charge >= 0.3 is 0 Å². The molecule has 0 aliphatic rings. The minimum absolute atomic E-state index is 0.0107. The number of aromatic nitrogens is 2. The number of halogens is 2. The zero-order valence-corrected chi connectivity index (χ0v) is 19.9. The predicted octanol–water partition coefficient (Wildman–Crippen LogP) is 3.47. The van der Waals surface area contributed by atoms with Crippen molar-refractivity contribution in [2.75, 3.05) is 12.3 Å². The van der Waals surface area contributed by atoms with Gasteiger partial charge in [0, 0.05) is 16.0 Å². The van der Waals surface area contributed by atoms with Crippen molar-refractivity contribution in [1.29, 1.82) is 0 Å². The van der Waals surface area contributed by atoms with Crippen LogP contribution in [0.1, 0.15) is 5.56 Å². The van der Waals surface area contributed by atoms with Crippen molar-refractivity contribution in [3.8, 4) is 0 Å². The van der Waals surface area contributed by atoms with Gasteiger partial charge in [-0.2, -0.15) is 0 Å². The largest absolute Gasteiger partial charge is 0.355 e. The Morgan fingerprint density at radius 3 is 2.45 bits per heavy atom. The zero-order chi connectivity index (χ0) is 22.4. The second kappa shape index (κ2) is 10.4. The molecule has 1 aromatic heterocycles. The molecule has 11 heteroatoms. The van der Waals surface area contributed by atoms with Crippen molar-refractivity contribution in [2.45, 2.75) is 21.4 Å². The van der Waals surface area contributed by atoms with Crippen molar-refractivity contribution in [1.82, 2.24) is 15.3 Å². The van der Waals surface area contributed by atoms with Gasteiger partial charge in [0.25, 0.3) is 5.56 Å². The van der Waals surface area contributed by atoms with E-state index in [1.165, 1.54) is 12.1 Å². The maximum Gasteiger partial charge on any atom is 0.270 e. The standard InChI is InChI=1S/C20H17BrClN3O4S2/c21-14-3-7-16(8-4-14)31(28,29)17-11-24-20(25-19(17)27)30-12-18(26)23-10-9-13-1-5-15(22)6-2-13/h1-8,11H,9-10,12H2,(H,23,26)(H,24,25,27). The van der Waals surface area contributed by atoms with Crippen LogP contribution in [-0.2, 0) is 21.1 Å². The Hall–Kier alpha value is -2.14. The minimum atomic E-state index is -4.00. The van der Waals surface area contributed by atoms with Crippen LogP contribution in [-0.4, -0.2) is 36.6 Å². The lowest BCUT2D eigenvalue weighted by atomic mass is 10.1. The van der Waals surface area contributed by atoms with E-state index in [0.717, 1.165) is 28.0 Å². The summed E-state index contributed by atoms with van der Waals surface area (Å²) >= 11 is 10.1. The van der Waals surface area contributed by atoms with Crippen LogP contribution in [0.15, 0.2) is 78.9 Å². The average Bonchev–Trinajstić information content (AvgIpc) is 2.74. The van der Waals surface area contributed by atoms with Crippen LogP contribution in [0.3, 0.4) is 0 Å². The van der Waals surface area contributed by atoms with E-state index in [1.807, 2.05) is 12.1 Å². The number of hydrogen-bond donors (Lipinski definition) is 2. The summed E-state index contributed by atoms with van der Waals surface area (Å²) in [7, 11) is -4.00. The van der Waals surface area contributed by atoms with Crippen molar-refractivity contribution in [2.24, 2.45) is 0 Å². The van der Waals surface area contributed by atoms with Crippen LogP contribution in [0.25, 0.3) is 0 Å². The quantitative estimate of drug-likeness (QED) is 0.333. The molecular formula is C20H17BrClN3O4S2. The molecular weight excluding hydrogens is 526 g/mol. The molecule has 0 atom stereocenters. The molecule has 162 valence electrons. The molecule has 0 aliphatic carbocycles. The number of benzene rings is 2. The minimum Gasteiger partial charge on any atom is -0.355 e. The van der Waals surface area contributed by atoms with Gasteiger partial charge in [-0.1, -0.05) is 51.4 Å². The smallest absolute Gasteiger partial charge is 0.270 e. The lowest BCUT2D eigenvalue weighted by Crippen LogP contribution is -2.27. The lowest BCUT2D eigenvalue weighted by molar-refractivity contribution is -0.118. The van der Waals surface area contributed by atoms with Gasteiger partial charge in [-0.3, -0.25) is 9.59 Å². The van der Waals surface area contributed by atoms with Gasteiger partial charge < -0.3 is 10.3 Å². The number of hydrogen-bond acceptors (Lipinski definition) is 6. The highest BCUT2D eigenvalue weighted by Gasteiger charge is 2.22. The van der Waals surface area contributed by atoms with Crippen LogP contribution in [0.4, 0.5) is 0 Å². The Morgan fingerprint density at radius 2 is 1.81 bits per heavy atom. The van der Waals surface area contributed by atoms with E-state index in [-0.39, 0.29) is 21.7 Å². The number of nitrogens with zero attached hydrogens (tertiary/aromatic N) is 1. The normalized spacial score (nSPS) is 11.3. The summed E-state index contributed by atoms with van der Waals surface area (Å²) in [6.45, 7) is 0.454. The van der Waals surface area contributed by atoms with Crippen molar-refractivity contribution in [3.63, 3.8) is 0 Å². The van der Waals surface area contributed by atoms with Gasteiger partial charge in [-0.25, -0.2) is 13.4 Å². The molecule has 0 spiro atoms. The summed E-state index contributed by atoms with van der Waals surface area (Å²) in [5, 5.41) is 3.59. The monoisotopic (exact) mass is 541 g/mol. The number of rotatable bonds is 8. The third-order valence-corrected chi connectivity index (χ3v) is 7.58. The van der Waals surface area contributed by atoms with E-state index in [9.17, 15) is 18.0 Å². The Kier molecular flexibility index (Phi) is 7.93. The molecule has 7 nitrogen and oxygen atoms in total. The first kappa shape index (κ1) is 23.5. The Labute approximate surface area is 196 Å². The number of carbonyl (C=O) groups is 1. The van der Waals surface area contributed by atoms with Crippen LogP contribution < -0.4 is 10.9 Å². The number of thioether (sulfide) groups is 1. The predicted molar refractivity (Wildman–Crippen MR) is 123 cm³/mol. The van der Waals surface area contributed by atoms with E-state index in [4.69, 9.17) is 11.6 Å². The molecule has 2 N–H and O–H groups in total. The number of nitrogens with one attached hydrogen (secondary N) is 2. The number of aromatic amines is 1. The van der Waals surface area contributed by atoms with Gasteiger partial charge in [0.1, 0.15) is 0 Å². The Morgan fingerprint density at radius 1 is 1.13 bits per heavy atom. The average molecular weight is 543 g/mol. The van der Waals surface area contributed by atoms with E-state index in [2.05, 4.69) is 31.2 Å². The molecule has 0 radical (unpaired) electrons. The van der Waals surface area contributed by atoms with E-state index in [1.54, 1.807) is 24.3 Å². The summed E-state index contributed by atoms with van der Waals surface area (Å²) in [6, 6.07) is 13.3. The van der Waals surface area contributed by atoms with Gasteiger partial charge in [0.15, 0.2) is 10.1 Å². The van der Waals surface area contributed by atoms with Gasteiger partial charge in [-0.05, 0) is 48.4 Å². The third kappa shape index (κ3) is 6.42. The fraction of sp³-hybridized carbons (Fsp3) is 0.150. The van der Waals surface area contributed by atoms with Gasteiger partial charge in [-0.15, -0.1) is 0 Å². The topological polar surface area (TPSA) is 109 Å². The summed E-state index contributed by atoms with van der Waals surface area (Å²) in [4.78, 5) is 30.3. The Balaban J connectivity index is 1.56. The van der Waals surface area contributed by atoms with Crippen LogP contribution in [0.5, 0.6) is 0 Å². The summed E-state index contributed by atoms with van der Waals surface area (Å²) < 4.78 is 26.0. The molecule has 0 unspecified atom stereocenters. The lowest BCUT2D eigenvalue weighted by Gasteiger charge is -2.06. The van der Waals surface area contributed by atoms with Crippen LogP contribution in [0, 0.1) is 0 Å². The molecule has 2 aromatic carbocycles. The second-order valence-corrected chi connectivity index (χ2v) is 10.6. The zero-order valence-electron chi connectivity index (χ0n) is 16.0. The fourth-order valence-corrected chi connectivity index (χ4v) is 4.84. The second-order valence-electron chi connectivity index (χ2n) is 6.35. The highest BCUT2D eigenvalue weighted by Crippen LogP contribution is 2.20. The van der Waals surface area contributed by atoms with E-state index >= 15 is 0 Å². The molecule has 0 fully saturated rings. The first-order valence-corrected chi connectivity index (χ1v) is 12.6. The highest BCUT2D eigenvalue weighted by atomic mass is 79.9. The van der Waals surface area contributed by atoms with Crippen LogP contribution in [0.2, 0.25) is 5.02 Å². The van der Waals surface area contributed by atoms with Gasteiger partial charge in [0.2, 0.25) is 15.7 Å². The number of H-pyrrole nitrogens is 1. The third-order valence-electron chi connectivity index (χ3n) is 4.15. The fourth-order valence-electron chi connectivity index (χ4n) is 2.55. The maximum atomic E-state index is 12.6. The van der Waals surface area contributed by atoms with Crippen molar-refractivity contribution < 1.29 is 13.2 Å². The summed E-state index contributed by atoms with van der Waals surface area (Å²) in [5.74, 6) is -0.198. The SMILES string of the molecule is O=C(CSc1ncc(S(=O)(=O)c2ccc(Br)cc2)c(=O)[nH]1)NCCc1ccc(Cl)cc1. The highest BCUT2D eigenvalue weighted by molar-refractivity contribution is 9.10. The molecule has 1 amide bonds. The van der Waals surface area contributed by atoms with E-state index < -0.39 is 20.3 Å². The number of sulfone groups is 1. The maximum absolute atomic E-state index is 12.6. The molecule has 3 aromatic rings. The first-order valence-electron chi connectivity index (χ1n) is 8.99. The molecule has 0 saturated heterocycles. The molecule has 0 aliphatic heterocycles. The summed E-state index contributed by atoms with van der Waals surface area (Å²) in [5.41, 5.74) is 0.259. The number of carbonyl (C=O) groups excluding carboxylic acids is 1. The van der Waals surface area contributed by atoms with Crippen molar-refractivity contribution in [3.05, 3.63) is 80.1 Å².